The third-order valence-corrected chi connectivity index (χ3v) is 3.63. The molecular weight excluding hydrogens is 269 g/mol. The first kappa shape index (κ1) is 15.4. The van der Waals surface area contributed by atoms with Crippen molar-refractivity contribution in [3.05, 3.63) is 59.7 Å². The summed E-state index contributed by atoms with van der Waals surface area (Å²) in [6, 6.07) is 7.97. The number of rotatable bonds is 5. The number of nitrogens with zero attached hydrogens (tertiary/aromatic N) is 1. The van der Waals surface area contributed by atoms with Crippen molar-refractivity contribution in [3.8, 4) is 5.75 Å². The highest BCUT2D eigenvalue weighted by Crippen LogP contribution is 2.37. The Morgan fingerprint density at radius 3 is 2.52 bits per heavy atom. The average Bonchev–Trinajstić information content (AvgIpc) is 2.47. The molecule has 1 unspecified atom stereocenters. The maximum atomic E-state index is 13.0. The topological polar surface area (TPSA) is 42.4 Å². The van der Waals surface area contributed by atoms with Crippen LogP contribution in [0.25, 0.3) is 0 Å². The Morgan fingerprint density at radius 2 is 1.90 bits per heavy atom. The van der Waals surface area contributed by atoms with E-state index in [1.165, 1.54) is 12.1 Å². The average molecular weight is 289 g/mol. The van der Waals surface area contributed by atoms with E-state index in [4.69, 9.17) is 4.74 Å². The Bertz CT molecular complexity index is 596. The van der Waals surface area contributed by atoms with Crippen LogP contribution >= 0.6 is 0 Å². The highest BCUT2D eigenvalue weighted by molar-refractivity contribution is 5.32. The van der Waals surface area contributed by atoms with E-state index in [0.29, 0.717) is 17.9 Å². The van der Waals surface area contributed by atoms with Gasteiger partial charge in [0.2, 0.25) is 0 Å². The lowest BCUT2D eigenvalue weighted by Crippen LogP contribution is -2.27. The van der Waals surface area contributed by atoms with Gasteiger partial charge in [0.25, 0.3) is 0 Å². The number of aromatic nitrogens is 1. The highest BCUT2D eigenvalue weighted by Gasteiger charge is 2.31. The lowest BCUT2D eigenvalue weighted by atomic mass is 9.77. The molecule has 0 radical (unpaired) electrons. The number of pyridine rings is 1. The molecule has 21 heavy (non-hydrogen) atoms. The van der Waals surface area contributed by atoms with Crippen molar-refractivity contribution in [2.24, 2.45) is 0 Å². The van der Waals surface area contributed by atoms with Crippen molar-refractivity contribution in [2.75, 3.05) is 6.61 Å². The second-order valence-corrected chi connectivity index (χ2v) is 5.52. The van der Waals surface area contributed by atoms with Gasteiger partial charge in [0.1, 0.15) is 11.6 Å². The molecule has 1 heterocycles. The third kappa shape index (κ3) is 3.39. The summed E-state index contributed by atoms with van der Waals surface area (Å²) in [6.07, 6.45) is 2.47. The van der Waals surface area contributed by atoms with Gasteiger partial charge in [-0.15, -0.1) is 0 Å². The monoisotopic (exact) mass is 289 g/mol. The Balaban J connectivity index is 2.30. The normalized spacial score (nSPS) is 13.0. The Morgan fingerprint density at radius 1 is 1.24 bits per heavy atom. The number of aliphatic hydroxyl groups is 1. The molecule has 1 aromatic carbocycles. The molecule has 0 saturated carbocycles. The summed E-state index contributed by atoms with van der Waals surface area (Å²) in [5, 5.41) is 10.7. The summed E-state index contributed by atoms with van der Waals surface area (Å²) in [6.45, 7) is 6.27. The maximum absolute atomic E-state index is 13.0. The van der Waals surface area contributed by atoms with E-state index in [1.54, 1.807) is 30.6 Å². The molecule has 0 amide bonds. The number of benzene rings is 1. The predicted molar refractivity (Wildman–Crippen MR) is 79.8 cm³/mol. The quantitative estimate of drug-likeness (QED) is 0.914. The van der Waals surface area contributed by atoms with E-state index in [2.05, 4.69) is 4.98 Å². The second kappa shape index (κ2) is 6.22. The fourth-order valence-corrected chi connectivity index (χ4v) is 2.28. The van der Waals surface area contributed by atoms with Gasteiger partial charge in [0.15, 0.2) is 0 Å². The first-order valence-electron chi connectivity index (χ1n) is 6.97. The molecule has 0 bridgehead atoms. The summed E-state index contributed by atoms with van der Waals surface area (Å²) in [4.78, 5) is 4.10. The molecule has 0 aliphatic carbocycles. The molecule has 0 spiro atoms. The largest absolute Gasteiger partial charge is 0.492 e. The molecule has 1 N–H and O–H groups in total. The smallest absolute Gasteiger partial charge is 0.137 e. The summed E-state index contributed by atoms with van der Waals surface area (Å²) >= 11 is 0. The number of hydrogen-bond donors (Lipinski definition) is 1. The summed E-state index contributed by atoms with van der Waals surface area (Å²) in [5.74, 6) is 0.341. The zero-order valence-electron chi connectivity index (χ0n) is 12.5. The third-order valence-electron chi connectivity index (χ3n) is 3.63. The van der Waals surface area contributed by atoms with E-state index in [0.717, 1.165) is 5.56 Å². The fourth-order valence-electron chi connectivity index (χ4n) is 2.28. The van der Waals surface area contributed by atoms with Crippen LogP contribution in [0.3, 0.4) is 0 Å². The lowest BCUT2D eigenvalue weighted by Gasteiger charge is -2.31. The summed E-state index contributed by atoms with van der Waals surface area (Å²) in [7, 11) is 0. The van der Waals surface area contributed by atoms with Crippen LogP contribution in [0.5, 0.6) is 5.75 Å². The van der Waals surface area contributed by atoms with Crippen LogP contribution in [-0.2, 0) is 5.41 Å². The molecule has 0 saturated heterocycles. The number of hydrogen-bond acceptors (Lipinski definition) is 3. The van der Waals surface area contributed by atoms with Gasteiger partial charge in [-0.05, 0) is 30.7 Å². The predicted octanol–water partition coefficient (Wildman–Crippen LogP) is 3.63. The molecule has 1 atom stereocenters. The zero-order chi connectivity index (χ0) is 15.5. The van der Waals surface area contributed by atoms with E-state index in [9.17, 15) is 9.50 Å². The molecule has 0 aliphatic heterocycles. The van der Waals surface area contributed by atoms with Crippen LogP contribution in [0, 0.1) is 5.82 Å². The van der Waals surface area contributed by atoms with E-state index in [-0.39, 0.29) is 5.82 Å². The SMILES string of the molecule is CCOc1cncc(C(O)C(C)(C)c2ccc(F)cc2)c1. The van der Waals surface area contributed by atoms with E-state index < -0.39 is 11.5 Å². The number of aliphatic hydroxyl groups excluding tert-OH is 1. The molecule has 0 fully saturated rings. The van der Waals surface area contributed by atoms with Crippen LogP contribution in [0.2, 0.25) is 0 Å². The Hall–Kier alpha value is -1.94. The van der Waals surface area contributed by atoms with Crippen molar-refractivity contribution in [3.63, 3.8) is 0 Å². The van der Waals surface area contributed by atoms with Gasteiger partial charge < -0.3 is 9.84 Å². The fraction of sp³-hybridized carbons (Fsp3) is 0.353. The molecular formula is C17H20FNO2. The van der Waals surface area contributed by atoms with Crippen molar-refractivity contribution in [1.29, 1.82) is 0 Å². The van der Waals surface area contributed by atoms with Gasteiger partial charge in [-0.2, -0.15) is 0 Å². The van der Waals surface area contributed by atoms with Crippen LogP contribution in [0.4, 0.5) is 4.39 Å². The standard InChI is InChI=1S/C17H20FNO2/c1-4-21-15-9-12(10-19-11-15)16(20)17(2,3)13-5-7-14(18)8-6-13/h5-11,16,20H,4H2,1-3H3. The summed E-state index contributed by atoms with van der Waals surface area (Å²) in [5.41, 5.74) is 0.966. The zero-order valence-corrected chi connectivity index (χ0v) is 12.5. The summed E-state index contributed by atoms with van der Waals surface area (Å²) < 4.78 is 18.5. The van der Waals surface area contributed by atoms with Crippen LogP contribution in [0.15, 0.2) is 42.7 Å². The molecule has 2 rings (SSSR count). The molecule has 112 valence electrons. The first-order valence-corrected chi connectivity index (χ1v) is 6.97. The number of ether oxygens (including phenoxy) is 1. The number of halogens is 1. The van der Waals surface area contributed by atoms with Gasteiger partial charge >= 0.3 is 0 Å². The minimum atomic E-state index is -0.768. The van der Waals surface area contributed by atoms with Gasteiger partial charge in [-0.25, -0.2) is 4.39 Å². The van der Waals surface area contributed by atoms with Gasteiger partial charge in [-0.3, -0.25) is 4.98 Å². The van der Waals surface area contributed by atoms with Crippen molar-refractivity contribution < 1.29 is 14.2 Å². The Labute approximate surface area is 124 Å². The van der Waals surface area contributed by atoms with Gasteiger partial charge in [-0.1, -0.05) is 26.0 Å². The van der Waals surface area contributed by atoms with Crippen molar-refractivity contribution >= 4 is 0 Å². The lowest BCUT2D eigenvalue weighted by molar-refractivity contribution is 0.0995. The molecule has 0 aliphatic rings. The maximum Gasteiger partial charge on any atom is 0.137 e. The van der Waals surface area contributed by atoms with Crippen molar-refractivity contribution in [1.82, 2.24) is 4.98 Å². The van der Waals surface area contributed by atoms with E-state index in [1.807, 2.05) is 20.8 Å². The van der Waals surface area contributed by atoms with Gasteiger partial charge in [0.05, 0.1) is 18.9 Å². The van der Waals surface area contributed by atoms with Crippen LogP contribution in [0.1, 0.15) is 38.0 Å². The highest BCUT2D eigenvalue weighted by atomic mass is 19.1. The van der Waals surface area contributed by atoms with Crippen LogP contribution < -0.4 is 4.74 Å². The van der Waals surface area contributed by atoms with Crippen molar-refractivity contribution in [2.45, 2.75) is 32.3 Å². The second-order valence-electron chi connectivity index (χ2n) is 5.52. The van der Waals surface area contributed by atoms with Gasteiger partial charge in [0, 0.05) is 17.2 Å². The minimum Gasteiger partial charge on any atom is -0.492 e. The Kier molecular flexibility index (Phi) is 4.58. The minimum absolute atomic E-state index is 0.288. The first-order chi connectivity index (χ1) is 9.95. The molecule has 2 aromatic rings. The van der Waals surface area contributed by atoms with E-state index >= 15 is 0 Å². The molecule has 3 nitrogen and oxygen atoms in total. The molecule has 1 aromatic heterocycles. The molecule has 4 heteroatoms. The van der Waals surface area contributed by atoms with Crippen LogP contribution in [-0.4, -0.2) is 16.7 Å².